The second kappa shape index (κ2) is 11.3. The van der Waals surface area contributed by atoms with Gasteiger partial charge in [0.2, 0.25) is 5.91 Å². The van der Waals surface area contributed by atoms with Crippen molar-refractivity contribution in [1.29, 1.82) is 0 Å². The third kappa shape index (κ3) is 5.13. The summed E-state index contributed by atoms with van der Waals surface area (Å²) >= 11 is 13.7. The number of oxazole rings is 2. The lowest BCUT2D eigenvalue weighted by molar-refractivity contribution is -0.115. The molecule has 3 heterocycles. The number of aliphatic imine (C=N–C) groups is 1. The molecule has 0 aliphatic carbocycles. The van der Waals surface area contributed by atoms with E-state index in [-0.39, 0.29) is 17.6 Å². The van der Waals surface area contributed by atoms with Crippen LogP contribution < -0.4 is 16.5 Å². The van der Waals surface area contributed by atoms with Crippen LogP contribution in [0.2, 0.25) is 10.0 Å². The number of hydrazine groups is 1. The van der Waals surface area contributed by atoms with E-state index in [1.165, 1.54) is 0 Å². The number of aryl methyl sites for hydroxylation is 1. The van der Waals surface area contributed by atoms with Gasteiger partial charge in [0, 0.05) is 21.8 Å². The SMILES string of the molecule is CC1=C(C(N)=O)C(c2c(C)cc(Cl)c(Nc3nc4ccccc4o3)c2-c2ccccc2Cl)N=CN1Nc1nc2ccccc2o1. The number of hydrogen-bond acceptors (Lipinski definition) is 9. The van der Waals surface area contributed by atoms with Crippen molar-refractivity contribution < 1.29 is 13.6 Å². The molecule has 7 rings (SSSR count). The number of anilines is 3. The number of rotatable bonds is 7. The second-order valence-electron chi connectivity index (χ2n) is 10.4. The molecule has 45 heavy (non-hydrogen) atoms. The van der Waals surface area contributed by atoms with Crippen LogP contribution in [0.1, 0.15) is 24.1 Å². The van der Waals surface area contributed by atoms with Gasteiger partial charge in [0.05, 0.1) is 16.3 Å². The molecule has 4 aromatic carbocycles. The predicted molar refractivity (Wildman–Crippen MR) is 177 cm³/mol. The minimum atomic E-state index is -0.808. The van der Waals surface area contributed by atoms with Crippen LogP contribution in [0.15, 0.2) is 104 Å². The molecular formula is C33H25Cl2N7O3. The lowest BCUT2D eigenvalue weighted by Gasteiger charge is -2.32. The molecule has 4 N–H and O–H groups in total. The molecule has 0 spiro atoms. The lowest BCUT2D eigenvalue weighted by atomic mass is 9.85. The topological polar surface area (TPSA) is 135 Å². The average Bonchev–Trinajstić information content (AvgIpc) is 3.62. The summed E-state index contributed by atoms with van der Waals surface area (Å²) < 4.78 is 11.8. The number of carbonyl (C=O) groups is 1. The second-order valence-corrected chi connectivity index (χ2v) is 11.2. The highest BCUT2D eigenvalue weighted by atomic mass is 35.5. The number of halogens is 2. The van der Waals surface area contributed by atoms with Crippen LogP contribution in [-0.2, 0) is 4.79 Å². The highest BCUT2D eigenvalue weighted by Gasteiger charge is 2.34. The molecule has 0 fully saturated rings. The number of benzene rings is 4. The van der Waals surface area contributed by atoms with Gasteiger partial charge in [0.25, 0.3) is 6.01 Å². The molecule has 0 radical (unpaired) electrons. The van der Waals surface area contributed by atoms with Gasteiger partial charge in [-0.15, -0.1) is 0 Å². The summed E-state index contributed by atoms with van der Waals surface area (Å²) in [7, 11) is 0. The molecule has 224 valence electrons. The van der Waals surface area contributed by atoms with Gasteiger partial charge in [-0.1, -0.05) is 65.7 Å². The molecule has 12 heteroatoms. The van der Waals surface area contributed by atoms with Crippen molar-refractivity contribution in [2.75, 3.05) is 10.7 Å². The van der Waals surface area contributed by atoms with E-state index < -0.39 is 11.9 Å². The highest BCUT2D eigenvalue weighted by Crippen LogP contribution is 2.48. The number of para-hydroxylation sites is 4. The average molecular weight is 639 g/mol. The normalized spacial score (nSPS) is 14.8. The maximum atomic E-state index is 13.2. The maximum Gasteiger partial charge on any atom is 0.315 e. The number of amides is 1. The molecule has 1 atom stereocenters. The molecule has 0 saturated heterocycles. The molecule has 6 aromatic rings. The predicted octanol–water partition coefficient (Wildman–Crippen LogP) is 8.17. The zero-order chi connectivity index (χ0) is 31.2. The van der Waals surface area contributed by atoms with Gasteiger partial charge < -0.3 is 19.9 Å². The van der Waals surface area contributed by atoms with Gasteiger partial charge >= 0.3 is 6.01 Å². The molecule has 0 saturated carbocycles. The van der Waals surface area contributed by atoms with Crippen molar-refractivity contribution in [2.45, 2.75) is 19.9 Å². The van der Waals surface area contributed by atoms with Crippen molar-refractivity contribution in [3.8, 4) is 11.1 Å². The van der Waals surface area contributed by atoms with Gasteiger partial charge in [-0.2, -0.15) is 9.97 Å². The number of nitrogens with zero attached hydrogens (tertiary/aromatic N) is 4. The van der Waals surface area contributed by atoms with E-state index in [0.717, 1.165) is 5.56 Å². The number of primary amides is 1. The number of carbonyl (C=O) groups excluding carboxylic acids is 1. The summed E-state index contributed by atoms with van der Waals surface area (Å²) in [6.07, 6.45) is 1.57. The quantitative estimate of drug-likeness (QED) is 0.159. The molecular weight excluding hydrogens is 613 g/mol. The summed E-state index contributed by atoms with van der Waals surface area (Å²) in [5.41, 5.74) is 15.7. The Morgan fingerprint density at radius 3 is 2.16 bits per heavy atom. The summed E-state index contributed by atoms with van der Waals surface area (Å²) in [6.45, 7) is 3.67. The van der Waals surface area contributed by atoms with Gasteiger partial charge in [0.15, 0.2) is 11.2 Å². The third-order valence-electron chi connectivity index (χ3n) is 7.60. The van der Waals surface area contributed by atoms with Crippen LogP contribution in [-0.4, -0.2) is 27.2 Å². The molecule has 0 bridgehead atoms. The van der Waals surface area contributed by atoms with E-state index in [1.54, 1.807) is 30.4 Å². The fourth-order valence-corrected chi connectivity index (χ4v) is 6.07. The first-order valence-electron chi connectivity index (χ1n) is 13.9. The molecule has 1 amide bonds. The first kappa shape index (κ1) is 28.5. The number of nitrogens with one attached hydrogen (secondary N) is 2. The Bertz CT molecular complexity index is 2120. The number of hydrogen-bond donors (Lipinski definition) is 3. The van der Waals surface area contributed by atoms with Crippen LogP contribution >= 0.6 is 23.2 Å². The fraction of sp³-hybridized carbons (Fsp3) is 0.0909. The van der Waals surface area contributed by atoms with Crippen LogP contribution in [0.4, 0.5) is 17.7 Å². The van der Waals surface area contributed by atoms with E-state index in [9.17, 15) is 4.79 Å². The Morgan fingerprint density at radius 2 is 1.49 bits per heavy atom. The summed E-state index contributed by atoms with van der Waals surface area (Å²) in [6, 6.07) is 23.6. The molecule has 2 aromatic heterocycles. The minimum absolute atomic E-state index is 0.230. The Morgan fingerprint density at radius 1 is 0.867 bits per heavy atom. The van der Waals surface area contributed by atoms with Crippen LogP contribution in [0.25, 0.3) is 33.3 Å². The Kier molecular flexibility index (Phi) is 7.15. The van der Waals surface area contributed by atoms with Crippen molar-refractivity contribution >= 4 is 75.4 Å². The maximum absolute atomic E-state index is 13.2. The number of fused-ring (bicyclic) bond motifs is 2. The number of nitrogens with two attached hydrogens (primary N) is 1. The van der Waals surface area contributed by atoms with Crippen LogP contribution in [0.5, 0.6) is 0 Å². The van der Waals surface area contributed by atoms with Crippen LogP contribution in [0.3, 0.4) is 0 Å². The largest absolute Gasteiger partial charge is 0.423 e. The zero-order valence-corrected chi connectivity index (χ0v) is 25.5. The first-order valence-corrected chi connectivity index (χ1v) is 14.7. The van der Waals surface area contributed by atoms with E-state index in [4.69, 9.17) is 42.8 Å². The summed E-state index contributed by atoms with van der Waals surface area (Å²) in [5.74, 6) is -0.647. The summed E-state index contributed by atoms with van der Waals surface area (Å²) in [4.78, 5) is 27.0. The van der Waals surface area contributed by atoms with Crippen molar-refractivity contribution in [1.82, 2.24) is 15.0 Å². The van der Waals surface area contributed by atoms with Gasteiger partial charge in [-0.05, 0) is 61.4 Å². The Balaban J connectivity index is 1.37. The van der Waals surface area contributed by atoms with Gasteiger partial charge in [-0.25, -0.2) is 10.4 Å². The van der Waals surface area contributed by atoms with Crippen molar-refractivity contribution in [3.63, 3.8) is 0 Å². The van der Waals surface area contributed by atoms with E-state index in [1.807, 2.05) is 73.7 Å². The van der Waals surface area contributed by atoms with Gasteiger partial charge in [0.1, 0.15) is 23.4 Å². The monoisotopic (exact) mass is 637 g/mol. The Hall–Kier alpha value is -5.32. The van der Waals surface area contributed by atoms with E-state index in [2.05, 4.69) is 20.7 Å². The minimum Gasteiger partial charge on any atom is -0.423 e. The Labute approximate surface area is 267 Å². The molecule has 1 aliphatic heterocycles. The standard InChI is InChI=1S/C33H25Cl2N7O3/c1-17-15-21(35)29(40-32-38-22-11-5-7-13-24(22)44-32)28(19-9-3-4-10-20(19)34)26(17)30-27(31(36)43)18(2)42(16-37-30)41-33-39-23-12-6-8-14-25(23)45-33/h3-16,30H,1-2H3,(H2,36,43)(H,38,40)(H,39,41). The number of aromatic nitrogens is 2. The fourth-order valence-electron chi connectivity index (χ4n) is 5.53. The zero-order valence-electron chi connectivity index (χ0n) is 24.0. The first-order chi connectivity index (χ1) is 21.8. The van der Waals surface area contributed by atoms with Crippen molar-refractivity contribution in [2.24, 2.45) is 10.7 Å². The molecule has 1 unspecified atom stereocenters. The lowest BCUT2D eigenvalue weighted by Crippen LogP contribution is -2.35. The smallest absolute Gasteiger partial charge is 0.315 e. The number of allylic oxidation sites excluding steroid dienone is 1. The molecule has 10 nitrogen and oxygen atoms in total. The summed E-state index contributed by atoms with van der Waals surface area (Å²) in [5, 5.41) is 5.70. The van der Waals surface area contributed by atoms with Crippen LogP contribution in [0, 0.1) is 6.92 Å². The highest BCUT2D eigenvalue weighted by molar-refractivity contribution is 6.36. The third-order valence-corrected chi connectivity index (χ3v) is 8.23. The molecule has 1 aliphatic rings. The van der Waals surface area contributed by atoms with Crippen molar-refractivity contribution in [3.05, 3.63) is 111 Å². The van der Waals surface area contributed by atoms with E-state index in [0.29, 0.717) is 60.3 Å². The van der Waals surface area contributed by atoms with E-state index >= 15 is 0 Å². The van der Waals surface area contributed by atoms with Gasteiger partial charge in [-0.3, -0.25) is 9.79 Å².